The van der Waals surface area contributed by atoms with Crippen LogP contribution in [-0.2, 0) is 6.54 Å². The van der Waals surface area contributed by atoms with Crippen molar-refractivity contribution in [1.29, 1.82) is 0 Å². The SMILES string of the molecule is CCCNCc1ccnc(Oc2cc(F)ccc2Br)c1. The summed E-state index contributed by atoms with van der Waals surface area (Å²) in [4.78, 5) is 4.14. The lowest BCUT2D eigenvalue weighted by atomic mass is 10.2. The van der Waals surface area contributed by atoms with Gasteiger partial charge in [0.15, 0.2) is 0 Å². The monoisotopic (exact) mass is 338 g/mol. The van der Waals surface area contributed by atoms with Gasteiger partial charge in [-0.25, -0.2) is 9.37 Å². The molecule has 1 aromatic heterocycles. The Balaban J connectivity index is 2.09. The van der Waals surface area contributed by atoms with Gasteiger partial charge in [-0.1, -0.05) is 6.92 Å². The Morgan fingerprint density at radius 1 is 1.30 bits per heavy atom. The molecule has 1 N–H and O–H groups in total. The van der Waals surface area contributed by atoms with E-state index in [1.165, 1.54) is 12.1 Å². The first kappa shape index (κ1) is 14.9. The molecule has 0 amide bonds. The number of nitrogens with one attached hydrogen (secondary N) is 1. The number of hydrogen-bond acceptors (Lipinski definition) is 3. The summed E-state index contributed by atoms with van der Waals surface area (Å²) in [5.41, 5.74) is 1.08. The fourth-order valence-corrected chi connectivity index (χ4v) is 2.02. The molecule has 0 aliphatic heterocycles. The van der Waals surface area contributed by atoms with Crippen LogP contribution in [0.25, 0.3) is 0 Å². The maximum atomic E-state index is 13.2. The minimum absolute atomic E-state index is 0.344. The van der Waals surface area contributed by atoms with Crippen LogP contribution in [0.2, 0.25) is 0 Å². The molecule has 2 aromatic rings. The molecule has 106 valence electrons. The summed E-state index contributed by atoms with van der Waals surface area (Å²) in [5.74, 6) is 0.521. The molecule has 1 heterocycles. The van der Waals surface area contributed by atoms with Gasteiger partial charge in [0, 0.05) is 24.9 Å². The van der Waals surface area contributed by atoms with Crippen LogP contribution in [0.3, 0.4) is 0 Å². The van der Waals surface area contributed by atoms with Gasteiger partial charge in [-0.2, -0.15) is 0 Å². The summed E-state index contributed by atoms with van der Waals surface area (Å²) in [5, 5.41) is 3.31. The summed E-state index contributed by atoms with van der Waals surface area (Å²) in [6, 6.07) is 8.08. The van der Waals surface area contributed by atoms with E-state index in [1.54, 1.807) is 12.3 Å². The summed E-state index contributed by atoms with van der Waals surface area (Å²) < 4.78 is 19.5. The maximum absolute atomic E-state index is 13.2. The van der Waals surface area contributed by atoms with E-state index in [0.717, 1.165) is 25.1 Å². The molecule has 0 radical (unpaired) electrons. The zero-order valence-corrected chi connectivity index (χ0v) is 12.8. The fourth-order valence-electron chi connectivity index (χ4n) is 1.69. The molecule has 0 aliphatic rings. The molecule has 0 saturated heterocycles. The van der Waals surface area contributed by atoms with Gasteiger partial charge in [0.25, 0.3) is 0 Å². The van der Waals surface area contributed by atoms with Crippen LogP contribution in [0.15, 0.2) is 41.0 Å². The Labute approximate surface area is 126 Å². The lowest BCUT2D eigenvalue weighted by molar-refractivity contribution is 0.454. The van der Waals surface area contributed by atoms with E-state index >= 15 is 0 Å². The number of pyridine rings is 1. The van der Waals surface area contributed by atoms with Crippen LogP contribution in [0.1, 0.15) is 18.9 Å². The van der Waals surface area contributed by atoms with Gasteiger partial charge < -0.3 is 10.1 Å². The Morgan fingerprint density at radius 3 is 2.95 bits per heavy atom. The highest BCUT2D eigenvalue weighted by molar-refractivity contribution is 9.10. The molecular weight excluding hydrogens is 323 g/mol. The van der Waals surface area contributed by atoms with E-state index in [0.29, 0.717) is 16.1 Å². The normalized spacial score (nSPS) is 10.6. The molecule has 0 fully saturated rings. The zero-order chi connectivity index (χ0) is 14.4. The second-order valence-corrected chi connectivity index (χ2v) is 5.21. The number of rotatable bonds is 6. The third-order valence-corrected chi connectivity index (χ3v) is 3.32. The highest BCUT2D eigenvalue weighted by atomic mass is 79.9. The van der Waals surface area contributed by atoms with Crippen molar-refractivity contribution in [3.8, 4) is 11.6 Å². The number of nitrogens with zero attached hydrogens (tertiary/aromatic N) is 1. The summed E-state index contributed by atoms with van der Waals surface area (Å²) in [6.45, 7) is 3.85. The number of hydrogen-bond donors (Lipinski definition) is 1. The van der Waals surface area contributed by atoms with E-state index in [4.69, 9.17) is 4.74 Å². The molecule has 0 atom stereocenters. The fraction of sp³-hybridized carbons (Fsp3) is 0.267. The molecule has 0 saturated carbocycles. The molecule has 20 heavy (non-hydrogen) atoms. The molecule has 0 aliphatic carbocycles. The molecule has 0 unspecified atom stereocenters. The first-order valence-electron chi connectivity index (χ1n) is 6.47. The molecule has 5 heteroatoms. The second kappa shape index (κ2) is 7.36. The van der Waals surface area contributed by atoms with Crippen molar-refractivity contribution in [2.75, 3.05) is 6.54 Å². The summed E-state index contributed by atoms with van der Waals surface area (Å²) in [6.07, 6.45) is 2.77. The van der Waals surface area contributed by atoms with E-state index in [2.05, 4.69) is 33.2 Å². The van der Waals surface area contributed by atoms with Gasteiger partial charge in [-0.05, 0) is 52.7 Å². The van der Waals surface area contributed by atoms with E-state index in [-0.39, 0.29) is 5.82 Å². The first-order valence-corrected chi connectivity index (χ1v) is 7.27. The molecule has 0 bridgehead atoms. The number of aromatic nitrogens is 1. The largest absolute Gasteiger partial charge is 0.438 e. The Bertz CT molecular complexity index is 578. The zero-order valence-electron chi connectivity index (χ0n) is 11.2. The maximum Gasteiger partial charge on any atom is 0.219 e. The topological polar surface area (TPSA) is 34.2 Å². The Kier molecular flexibility index (Phi) is 5.49. The van der Waals surface area contributed by atoms with Gasteiger partial charge in [-0.15, -0.1) is 0 Å². The van der Waals surface area contributed by atoms with Crippen LogP contribution in [0, 0.1) is 5.82 Å². The van der Waals surface area contributed by atoms with Crippen LogP contribution < -0.4 is 10.1 Å². The number of ether oxygens (including phenoxy) is 1. The summed E-state index contributed by atoms with van der Waals surface area (Å²) in [7, 11) is 0. The van der Waals surface area contributed by atoms with Gasteiger partial charge in [-0.3, -0.25) is 0 Å². The predicted octanol–water partition coefficient (Wildman–Crippen LogP) is 4.28. The quantitative estimate of drug-likeness (QED) is 0.798. The van der Waals surface area contributed by atoms with Gasteiger partial charge in [0.2, 0.25) is 5.88 Å². The average molecular weight is 339 g/mol. The van der Waals surface area contributed by atoms with Crippen molar-refractivity contribution in [2.24, 2.45) is 0 Å². The Morgan fingerprint density at radius 2 is 2.15 bits per heavy atom. The predicted molar refractivity (Wildman–Crippen MR) is 80.4 cm³/mol. The lowest BCUT2D eigenvalue weighted by Crippen LogP contribution is -2.13. The van der Waals surface area contributed by atoms with Crippen LogP contribution >= 0.6 is 15.9 Å². The van der Waals surface area contributed by atoms with Gasteiger partial charge in [0.1, 0.15) is 11.6 Å². The first-order chi connectivity index (χ1) is 9.69. The van der Waals surface area contributed by atoms with Crippen molar-refractivity contribution in [3.05, 3.63) is 52.4 Å². The van der Waals surface area contributed by atoms with Crippen LogP contribution in [0.5, 0.6) is 11.6 Å². The molecular formula is C15H16BrFN2O. The smallest absolute Gasteiger partial charge is 0.219 e. The van der Waals surface area contributed by atoms with Crippen molar-refractivity contribution in [2.45, 2.75) is 19.9 Å². The average Bonchev–Trinajstić information content (AvgIpc) is 2.44. The third-order valence-electron chi connectivity index (χ3n) is 2.66. The number of benzene rings is 1. The van der Waals surface area contributed by atoms with Crippen LogP contribution in [0.4, 0.5) is 4.39 Å². The van der Waals surface area contributed by atoms with E-state index in [1.807, 2.05) is 12.1 Å². The highest BCUT2D eigenvalue weighted by Gasteiger charge is 2.06. The lowest BCUT2D eigenvalue weighted by Gasteiger charge is -2.09. The van der Waals surface area contributed by atoms with Crippen molar-refractivity contribution in [3.63, 3.8) is 0 Å². The molecule has 0 spiro atoms. The van der Waals surface area contributed by atoms with Crippen molar-refractivity contribution >= 4 is 15.9 Å². The Hall–Kier alpha value is -1.46. The molecule has 2 rings (SSSR count). The highest BCUT2D eigenvalue weighted by Crippen LogP contribution is 2.29. The van der Waals surface area contributed by atoms with Crippen molar-refractivity contribution < 1.29 is 9.13 Å². The summed E-state index contributed by atoms with van der Waals surface area (Å²) >= 11 is 3.33. The standard InChI is InChI=1S/C15H16BrFN2O/c1-2-6-18-10-11-5-7-19-15(8-11)20-14-9-12(17)3-4-13(14)16/h3-5,7-9,18H,2,6,10H2,1H3. The van der Waals surface area contributed by atoms with Crippen molar-refractivity contribution in [1.82, 2.24) is 10.3 Å². The minimum atomic E-state index is -0.344. The van der Waals surface area contributed by atoms with Crippen LogP contribution in [-0.4, -0.2) is 11.5 Å². The molecule has 3 nitrogen and oxygen atoms in total. The minimum Gasteiger partial charge on any atom is -0.438 e. The molecule has 1 aromatic carbocycles. The number of halogens is 2. The van der Waals surface area contributed by atoms with E-state index in [9.17, 15) is 4.39 Å². The van der Waals surface area contributed by atoms with Gasteiger partial charge >= 0.3 is 0 Å². The second-order valence-electron chi connectivity index (χ2n) is 4.36. The van der Waals surface area contributed by atoms with E-state index < -0.39 is 0 Å². The third kappa shape index (κ3) is 4.28. The van der Waals surface area contributed by atoms with Gasteiger partial charge in [0.05, 0.1) is 4.47 Å².